The lowest BCUT2D eigenvalue weighted by Gasteiger charge is -2.36. The van der Waals surface area contributed by atoms with E-state index < -0.39 is 0 Å². The Kier molecular flexibility index (Phi) is 2.50. The quantitative estimate of drug-likeness (QED) is 0.731. The first kappa shape index (κ1) is 10.0. The maximum atomic E-state index is 5.92. The molecule has 86 valence electrons. The Morgan fingerprint density at radius 2 is 1.94 bits per heavy atom. The number of hydrogen-bond acceptors (Lipinski definition) is 2. The summed E-state index contributed by atoms with van der Waals surface area (Å²) < 4.78 is 0. The van der Waals surface area contributed by atoms with Gasteiger partial charge in [0, 0.05) is 24.0 Å². The highest BCUT2D eigenvalue weighted by Gasteiger charge is 2.26. The maximum Gasteiger partial charge on any atom is 0.0421 e. The van der Waals surface area contributed by atoms with Gasteiger partial charge >= 0.3 is 0 Å². The fourth-order valence-corrected chi connectivity index (χ4v) is 3.22. The Morgan fingerprint density at radius 3 is 2.75 bits per heavy atom. The van der Waals surface area contributed by atoms with E-state index in [9.17, 15) is 0 Å². The lowest BCUT2D eigenvalue weighted by Crippen LogP contribution is -2.37. The summed E-state index contributed by atoms with van der Waals surface area (Å²) in [5.41, 5.74) is 9.73. The van der Waals surface area contributed by atoms with Crippen LogP contribution in [-0.4, -0.2) is 12.6 Å². The van der Waals surface area contributed by atoms with Crippen molar-refractivity contribution >= 4 is 11.4 Å². The molecule has 2 heteroatoms. The van der Waals surface area contributed by atoms with Crippen LogP contribution in [0.15, 0.2) is 18.2 Å². The highest BCUT2D eigenvalue weighted by Crippen LogP contribution is 2.35. The second-order valence-electron chi connectivity index (χ2n) is 5.12. The summed E-state index contributed by atoms with van der Waals surface area (Å²) in [5, 5.41) is 0. The van der Waals surface area contributed by atoms with E-state index in [4.69, 9.17) is 5.73 Å². The van der Waals surface area contributed by atoms with Gasteiger partial charge in [0.1, 0.15) is 0 Å². The Bertz CT molecular complexity index is 380. The Labute approximate surface area is 97.4 Å². The molecule has 1 fully saturated rings. The molecule has 0 radical (unpaired) electrons. The Hall–Kier alpha value is -1.18. The molecule has 0 bridgehead atoms. The first-order valence-electron chi connectivity index (χ1n) is 6.49. The monoisotopic (exact) mass is 216 g/mol. The normalized spacial score (nSPS) is 21.1. The highest BCUT2D eigenvalue weighted by atomic mass is 15.2. The van der Waals surface area contributed by atoms with E-state index in [0.717, 1.165) is 11.7 Å². The molecule has 0 atom stereocenters. The van der Waals surface area contributed by atoms with Crippen molar-refractivity contribution in [1.82, 2.24) is 0 Å². The van der Waals surface area contributed by atoms with Gasteiger partial charge in [0.05, 0.1) is 0 Å². The predicted molar refractivity (Wildman–Crippen MR) is 68.8 cm³/mol. The molecule has 1 aliphatic heterocycles. The van der Waals surface area contributed by atoms with Crippen LogP contribution in [-0.2, 0) is 6.42 Å². The molecular formula is C14H20N2. The molecular weight excluding hydrogens is 196 g/mol. The van der Waals surface area contributed by atoms with E-state index in [1.165, 1.54) is 56.3 Å². The van der Waals surface area contributed by atoms with Crippen LogP contribution >= 0.6 is 0 Å². The fourth-order valence-electron chi connectivity index (χ4n) is 3.22. The van der Waals surface area contributed by atoms with E-state index in [1.54, 1.807) is 0 Å². The summed E-state index contributed by atoms with van der Waals surface area (Å²) in [5.74, 6) is 0. The number of anilines is 2. The van der Waals surface area contributed by atoms with Crippen LogP contribution in [0.2, 0.25) is 0 Å². The fraction of sp³-hybridized carbons (Fsp3) is 0.571. The molecule has 0 saturated heterocycles. The molecule has 2 nitrogen and oxygen atoms in total. The number of benzene rings is 1. The summed E-state index contributed by atoms with van der Waals surface area (Å²) in [4.78, 5) is 2.61. The molecule has 2 aliphatic rings. The van der Waals surface area contributed by atoms with Gasteiger partial charge in [-0.25, -0.2) is 0 Å². The standard InChI is InChI=1S/C14H20N2/c15-12-8-7-11-4-3-9-16(14(11)10-12)13-5-1-2-6-13/h7-8,10,13H,1-6,9,15H2. The van der Waals surface area contributed by atoms with Gasteiger partial charge < -0.3 is 10.6 Å². The second-order valence-corrected chi connectivity index (χ2v) is 5.12. The van der Waals surface area contributed by atoms with Crippen LogP contribution in [0.25, 0.3) is 0 Å². The number of fused-ring (bicyclic) bond motifs is 1. The van der Waals surface area contributed by atoms with Crippen LogP contribution in [0.5, 0.6) is 0 Å². The molecule has 1 heterocycles. The van der Waals surface area contributed by atoms with Crippen molar-refractivity contribution < 1.29 is 0 Å². The van der Waals surface area contributed by atoms with Crippen molar-refractivity contribution in [1.29, 1.82) is 0 Å². The van der Waals surface area contributed by atoms with E-state index >= 15 is 0 Å². The molecule has 1 saturated carbocycles. The van der Waals surface area contributed by atoms with Crippen molar-refractivity contribution in [3.05, 3.63) is 23.8 Å². The van der Waals surface area contributed by atoms with Crippen molar-refractivity contribution in [2.45, 2.75) is 44.6 Å². The smallest absolute Gasteiger partial charge is 0.0421 e. The van der Waals surface area contributed by atoms with Gasteiger partial charge in [0.25, 0.3) is 0 Å². The van der Waals surface area contributed by atoms with Crippen molar-refractivity contribution in [2.75, 3.05) is 17.2 Å². The zero-order valence-corrected chi connectivity index (χ0v) is 9.78. The van der Waals surface area contributed by atoms with Crippen LogP contribution in [0.3, 0.4) is 0 Å². The van der Waals surface area contributed by atoms with E-state index in [1.807, 2.05) is 6.07 Å². The largest absolute Gasteiger partial charge is 0.399 e. The molecule has 2 N–H and O–H groups in total. The minimum atomic E-state index is 0.779. The SMILES string of the molecule is Nc1ccc2c(c1)N(C1CCCC1)CCC2. The number of hydrogen-bond donors (Lipinski definition) is 1. The van der Waals surface area contributed by atoms with Gasteiger partial charge in [0.2, 0.25) is 0 Å². The number of nitrogen functional groups attached to an aromatic ring is 1. The minimum absolute atomic E-state index is 0.779. The molecule has 0 amide bonds. The topological polar surface area (TPSA) is 29.3 Å². The van der Waals surface area contributed by atoms with Crippen LogP contribution in [0.1, 0.15) is 37.7 Å². The Morgan fingerprint density at radius 1 is 1.12 bits per heavy atom. The molecule has 1 aromatic rings. The molecule has 3 rings (SSSR count). The van der Waals surface area contributed by atoms with Gasteiger partial charge in [0.15, 0.2) is 0 Å². The molecule has 1 aromatic carbocycles. The zero-order chi connectivity index (χ0) is 11.0. The number of aryl methyl sites for hydroxylation is 1. The molecule has 0 unspecified atom stereocenters. The lowest BCUT2D eigenvalue weighted by molar-refractivity contribution is 0.572. The van der Waals surface area contributed by atoms with Gasteiger partial charge in [-0.15, -0.1) is 0 Å². The van der Waals surface area contributed by atoms with E-state index in [0.29, 0.717) is 0 Å². The molecule has 1 aliphatic carbocycles. The first-order chi connectivity index (χ1) is 7.84. The van der Waals surface area contributed by atoms with Gasteiger partial charge in [-0.1, -0.05) is 18.9 Å². The van der Waals surface area contributed by atoms with Crippen LogP contribution < -0.4 is 10.6 Å². The molecule has 16 heavy (non-hydrogen) atoms. The van der Waals surface area contributed by atoms with Crippen LogP contribution in [0, 0.1) is 0 Å². The van der Waals surface area contributed by atoms with Crippen molar-refractivity contribution in [2.24, 2.45) is 0 Å². The van der Waals surface area contributed by atoms with Gasteiger partial charge in [-0.3, -0.25) is 0 Å². The van der Waals surface area contributed by atoms with Gasteiger partial charge in [-0.2, -0.15) is 0 Å². The van der Waals surface area contributed by atoms with Crippen molar-refractivity contribution in [3.8, 4) is 0 Å². The average Bonchev–Trinajstić information content (AvgIpc) is 2.81. The van der Waals surface area contributed by atoms with E-state index in [2.05, 4.69) is 17.0 Å². The Balaban J connectivity index is 1.94. The molecule has 0 aromatic heterocycles. The summed E-state index contributed by atoms with van der Waals surface area (Å²) >= 11 is 0. The average molecular weight is 216 g/mol. The van der Waals surface area contributed by atoms with Crippen molar-refractivity contribution in [3.63, 3.8) is 0 Å². The predicted octanol–water partition coefficient (Wildman–Crippen LogP) is 2.96. The number of nitrogens with two attached hydrogens (primary N) is 1. The number of rotatable bonds is 1. The second kappa shape index (κ2) is 4.00. The highest BCUT2D eigenvalue weighted by molar-refractivity contribution is 5.63. The third-order valence-electron chi connectivity index (χ3n) is 4.03. The number of nitrogens with zero attached hydrogens (tertiary/aromatic N) is 1. The summed E-state index contributed by atoms with van der Waals surface area (Å²) in [6, 6.07) is 7.20. The third kappa shape index (κ3) is 1.66. The van der Waals surface area contributed by atoms with Gasteiger partial charge in [-0.05, 0) is 43.4 Å². The molecule has 0 spiro atoms. The summed E-state index contributed by atoms with van der Waals surface area (Å²) in [6.45, 7) is 1.22. The first-order valence-corrected chi connectivity index (χ1v) is 6.49. The summed E-state index contributed by atoms with van der Waals surface area (Å²) in [6.07, 6.45) is 8.06. The van der Waals surface area contributed by atoms with E-state index in [-0.39, 0.29) is 0 Å². The minimum Gasteiger partial charge on any atom is -0.399 e. The zero-order valence-electron chi connectivity index (χ0n) is 9.78. The third-order valence-corrected chi connectivity index (χ3v) is 4.03. The summed E-state index contributed by atoms with van der Waals surface area (Å²) in [7, 11) is 0. The maximum absolute atomic E-state index is 5.92. The lowest BCUT2D eigenvalue weighted by atomic mass is 9.99. The van der Waals surface area contributed by atoms with Crippen LogP contribution in [0.4, 0.5) is 11.4 Å².